The molecule has 248 valence electrons. The quantitative estimate of drug-likeness (QED) is 0.168. The molecular formula is C41H60O4. The Morgan fingerprint density at radius 3 is 1.22 bits per heavy atom. The number of carbonyl (C=O) groups excluding carboxylic acids is 2. The molecule has 0 unspecified atom stereocenters. The van der Waals surface area contributed by atoms with Crippen LogP contribution in [0.5, 0.6) is 11.5 Å². The highest BCUT2D eigenvalue weighted by atomic mass is 16.5. The van der Waals surface area contributed by atoms with E-state index in [4.69, 9.17) is 9.47 Å². The Kier molecular flexibility index (Phi) is 13.0. The Morgan fingerprint density at radius 1 is 0.578 bits per heavy atom. The third kappa shape index (κ3) is 8.18. The van der Waals surface area contributed by atoms with E-state index in [9.17, 15) is 9.59 Å². The average molecular weight is 617 g/mol. The molecule has 4 heteroatoms. The number of ether oxygens (including phenoxy) is 2. The van der Waals surface area contributed by atoms with Gasteiger partial charge in [-0.05, 0) is 111 Å². The van der Waals surface area contributed by atoms with Gasteiger partial charge >= 0.3 is 11.9 Å². The fourth-order valence-corrected chi connectivity index (χ4v) is 7.11. The number of fused-ring (bicyclic) bond motifs is 4. The fourth-order valence-electron chi connectivity index (χ4n) is 7.11. The van der Waals surface area contributed by atoms with Crippen molar-refractivity contribution in [1.29, 1.82) is 0 Å². The van der Waals surface area contributed by atoms with Gasteiger partial charge in [-0.1, -0.05) is 104 Å². The van der Waals surface area contributed by atoms with Gasteiger partial charge in [0.15, 0.2) is 0 Å². The summed E-state index contributed by atoms with van der Waals surface area (Å²) in [5.74, 6) is 0.724. The zero-order valence-electron chi connectivity index (χ0n) is 30.8. The van der Waals surface area contributed by atoms with E-state index in [1.54, 1.807) is 0 Å². The Bertz CT molecular complexity index is 1320. The molecule has 0 aliphatic heterocycles. The molecular weight excluding hydrogens is 556 g/mol. The van der Waals surface area contributed by atoms with Crippen LogP contribution in [-0.4, -0.2) is 11.9 Å². The van der Waals surface area contributed by atoms with Gasteiger partial charge in [-0.3, -0.25) is 9.59 Å². The van der Waals surface area contributed by atoms with Crippen LogP contribution in [0.3, 0.4) is 0 Å². The minimum absolute atomic E-state index is 0.0562. The molecule has 4 nitrogen and oxygen atoms in total. The first-order chi connectivity index (χ1) is 21.1. The summed E-state index contributed by atoms with van der Waals surface area (Å²) in [5.41, 5.74) is 9.24. The van der Waals surface area contributed by atoms with Gasteiger partial charge in [0, 0.05) is 5.41 Å². The molecule has 1 spiro atoms. The minimum atomic E-state index is -0.258. The maximum absolute atomic E-state index is 12.9. The molecule has 45 heavy (non-hydrogen) atoms. The van der Waals surface area contributed by atoms with E-state index >= 15 is 0 Å². The van der Waals surface area contributed by atoms with Crippen molar-refractivity contribution in [1.82, 2.24) is 0 Å². The summed E-state index contributed by atoms with van der Waals surface area (Å²) in [6.07, 6.45) is 4.33. The first kappa shape index (κ1) is 38.0. The average Bonchev–Trinajstić information content (AvgIpc) is 3.36. The second kappa shape index (κ2) is 15.4. The van der Waals surface area contributed by atoms with Crippen LogP contribution in [-0.2, 0) is 25.8 Å². The van der Waals surface area contributed by atoms with Crippen LogP contribution in [0.25, 0.3) is 0 Å². The van der Waals surface area contributed by atoms with Gasteiger partial charge < -0.3 is 9.47 Å². The molecule has 0 atom stereocenters. The monoisotopic (exact) mass is 616 g/mol. The van der Waals surface area contributed by atoms with Crippen molar-refractivity contribution in [3.8, 4) is 11.5 Å². The van der Waals surface area contributed by atoms with E-state index in [2.05, 4.69) is 79.7 Å². The molecule has 0 N–H and O–H groups in total. The first-order valence-corrected chi connectivity index (χ1v) is 17.2. The van der Waals surface area contributed by atoms with Gasteiger partial charge in [-0.15, -0.1) is 0 Å². The predicted molar refractivity (Wildman–Crippen MR) is 189 cm³/mol. The number of allylic oxidation sites excluding steroid dienone is 2. The van der Waals surface area contributed by atoms with Gasteiger partial charge in [0.2, 0.25) is 0 Å². The number of hydrogen-bond acceptors (Lipinski definition) is 4. The highest BCUT2D eigenvalue weighted by Crippen LogP contribution is 2.63. The molecule has 0 aromatic heterocycles. The number of hydrogen-bond donors (Lipinski definition) is 0. The van der Waals surface area contributed by atoms with Gasteiger partial charge in [0.25, 0.3) is 0 Å². The van der Waals surface area contributed by atoms with E-state index in [1.807, 2.05) is 53.7 Å². The summed E-state index contributed by atoms with van der Waals surface area (Å²) in [5, 5.41) is 0. The summed E-state index contributed by atoms with van der Waals surface area (Å²) in [7, 11) is 0. The molecule has 2 aliphatic rings. The van der Waals surface area contributed by atoms with Gasteiger partial charge in [-0.2, -0.15) is 0 Å². The van der Waals surface area contributed by atoms with Crippen molar-refractivity contribution in [3.63, 3.8) is 0 Å². The third-order valence-electron chi connectivity index (χ3n) is 9.76. The minimum Gasteiger partial charge on any atom is -0.426 e. The van der Waals surface area contributed by atoms with E-state index in [0.29, 0.717) is 24.3 Å². The molecule has 0 fully saturated rings. The van der Waals surface area contributed by atoms with Crippen molar-refractivity contribution < 1.29 is 19.1 Å². The lowest BCUT2D eigenvalue weighted by atomic mass is 9.72. The van der Waals surface area contributed by atoms with Crippen LogP contribution in [0, 0.1) is 0 Å². The standard InChI is InChI=1S/C37H48O4.2C2H6/c1-11-23(3)25(5)17-33(38)40-27-13-15-29-31(19-27)37(21-35(29,7)8)22-36(9,10)30-16-14-28(20-32(30)37)41-34(39)18-26(6)24(4)12-2;2*1-2/h13-16,19-20H,11-12,17-18,21-22H2,1-10H3;2*1-2H3/b25-23+,26-24+;;. The van der Waals surface area contributed by atoms with Crippen molar-refractivity contribution >= 4 is 11.9 Å². The van der Waals surface area contributed by atoms with E-state index in [-0.39, 0.29) is 28.2 Å². The van der Waals surface area contributed by atoms with Gasteiger partial charge in [-0.25, -0.2) is 0 Å². The molecule has 0 saturated carbocycles. The number of benzene rings is 2. The molecule has 0 saturated heterocycles. The number of carbonyl (C=O) groups is 2. The largest absolute Gasteiger partial charge is 0.426 e. The topological polar surface area (TPSA) is 52.6 Å². The molecule has 0 amide bonds. The summed E-state index contributed by atoms with van der Waals surface area (Å²) in [6.45, 7) is 29.5. The highest BCUT2D eigenvalue weighted by molar-refractivity contribution is 5.76. The van der Waals surface area contributed by atoms with E-state index in [0.717, 1.165) is 36.8 Å². The SMILES string of the molecule is CC.CC.CC/C(C)=C(\C)CC(=O)Oc1ccc2c(c1)C1(CC2(C)C)CC(C)(C)c2ccc(OC(=O)C/C(C)=C(\C)CC)cc21. The Morgan fingerprint density at radius 2 is 0.911 bits per heavy atom. The summed E-state index contributed by atoms with van der Waals surface area (Å²) in [6, 6.07) is 12.4. The van der Waals surface area contributed by atoms with E-state index in [1.165, 1.54) is 33.4 Å². The van der Waals surface area contributed by atoms with Crippen molar-refractivity contribution in [2.45, 2.75) is 152 Å². The Hall–Kier alpha value is -3.14. The molecule has 0 radical (unpaired) electrons. The summed E-state index contributed by atoms with van der Waals surface area (Å²) >= 11 is 0. The Balaban J connectivity index is 0.00000169. The lowest BCUT2D eigenvalue weighted by Crippen LogP contribution is -2.27. The molecule has 4 rings (SSSR count). The summed E-state index contributed by atoms with van der Waals surface area (Å²) in [4.78, 5) is 25.7. The fraction of sp³-hybridized carbons (Fsp3) is 0.561. The second-order valence-corrected chi connectivity index (χ2v) is 13.7. The third-order valence-corrected chi connectivity index (χ3v) is 9.76. The molecule has 2 aromatic carbocycles. The zero-order valence-corrected chi connectivity index (χ0v) is 30.8. The van der Waals surface area contributed by atoms with Crippen LogP contribution in [0.15, 0.2) is 58.7 Å². The lowest BCUT2D eigenvalue weighted by molar-refractivity contribution is -0.134. The molecule has 2 aliphatic carbocycles. The maximum atomic E-state index is 12.9. The summed E-state index contributed by atoms with van der Waals surface area (Å²) < 4.78 is 11.8. The van der Waals surface area contributed by atoms with Crippen molar-refractivity contribution in [2.24, 2.45) is 0 Å². The molecule has 0 heterocycles. The van der Waals surface area contributed by atoms with Gasteiger partial charge in [0.05, 0.1) is 12.8 Å². The lowest BCUT2D eigenvalue weighted by Gasteiger charge is -2.30. The maximum Gasteiger partial charge on any atom is 0.315 e. The first-order valence-electron chi connectivity index (χ1n) is 17.2. The van der Waals surface area contributed by atoms with Crippen LogP contribution in [0.1, 0.15) is 158 Å². The highest BCUT2D eigenvalue weighted by Gasteiger charge is 2.56. The molecule has 2 aromatic rings. The second-order valence-electron chi connectivity index (χ2n) is 13.7. The number of esters is 2. The predicted octanol–water partition coefficient (Wildman–Crippen LogP) is 11.5. The van der Waals surface area contributed by atoms with Crippen molar-refractivity contribution in [2.75, 3.05) is 0 Å². The van der Waals surface area contributed by atoms with E-state index < -0.39 is 0 Å². The van der Waals surface area contributed by atoms with Crippen LogP contribution in [0.2, 0.25) is 0 Å². The molecule has 0 bridgehead atoms. The normalized spacial score (nSPS) is 17.4. The Labute approximate surface area is 274 Å². The van der Waals surface area contributed by atoms with Crippen molar-refractivity contribution in [3.05, 3.63) is 80.9 Å². The van der Waals surface area contributed by atoms with Crippen LogP contribution < -0.4 is 9.47 Å². The smallest absolute Gasteiger partial charge is 0.315 e. The van der Waals surface area contributed by atoms with Crippen LogP contribution >= 0.6 is 0 Å². The van der Waals surface area contributed by atoms with Crippen LogP contribution in [0.4, 0.5) is 0 Å². The van der Waals surface area contributed by atoms with Gasteiger partial charge in [0.1, 0.15) is 11.5 Å². The number of rotatable bonds is 8. The zero-order chi connectivity index (χ0) is 34.3.